The normalized spacial score (nSPS) is 15.2. The smallest absolute Gasteiger partial charge is 0.125 e. The quantitative estimate of drug-likeness (QED) is 0.580. The Bertz CT molecular complexity index is 470. The van der Waals surface area contributed by atoms with Crippen molar-refractivity contribution in [2.24, 2.45) is 0 Å². The van der Waals surface area contributed by atoms with E-state index in [9.17, 15) is 4.39 Å². The van der Waals surface area contributed by atoms with Gasteiger partial charge in [0, 0.05) is 17.6 Å². The maximum atomic E-state index is 13.0. The van der Waals surface area contributed by atoms with Crippen LogP contribution in [0, 0.1) is 5.82 Å². The summed E-state index contributed by atoms with van der Waals surface area (Å²) in [5.41, 5.74) is 2.40. The SMILES string of the molecule is Fc1ccc2cc3n(c2c1)CCC3. The predicted octanol–water partition coefficient (Wildman–Crippen LogP) is 2.73. The van der Waals surface area contributed by atoms with Crippen LogP contribution in [0.5, 0.6) is 0 Å². The van der Waals surface area contributed by atoms with E-state index >= 15 is 0 Å². The fourth-order valence-electron chi connectivity index (χ4n) is 2.17. The van der Waals surface area contributed by atoms with Crippen LogP contribution in [0.4, 0.5) is 4.39 Å². The number of benzene rings is 1. The van der Waals surface area contributed by atoms with Gasteiger partial charge >= 0.3 is 0 Å². The zero-order valence-corrected chi connectivity index (χ0v) is 7.26. The number of aryl methyl sites for hydroxylation is 2. The molecule has 0 bridgehead atoms. The zero-order chi connectivity index (χ0) is 8.84. The molecule has 0 saturated heterocycles. The van der Waals surface area contributed by atoms with Gasteiger partial charge in [0.05, 0.1) is 5.52 Å². The van der Waals surface area contributed by atoms with Crippen molar-refractivity contribution in [2.75, 3.05) is 0 Å². The fourth-order valence-corrected chi connectivity index (χ4v) is 2.17. The maximum absolute atomic E-state index is 13.0. The Labute approximate surface area is 75.8 Å². The molecule has 0 unspecified atom stereocenters. The highest BCUT2D eigenvalue weighted by Crippen LogP contribution is 2.26. The van der Waals surface area contributed by atoms with Gasteiger partial charge in [-0.25, -0.2) is 4.39 Å². The number of aromatic nitrogens is 1. The Hall–Kier alpha value is -1.31. The van der Waals surface area contributed by atoms with E-state index in [0.717, 1.165) is 23.9 Å². The molecular weight excluding hydrogens is 165 g/mol. The molecule has 1 aliphatic rings. The van der Waals surface area contributed by atoms with Crippen molar-refractivity contribution in [1.82, 2.24) is 4.57 Å². The molecule has 0 spiro atoms. The first kappa shape index (κ1) is 7.13. The van der Waals surface area contributed by atoms with Crippen molar-refractivity contribution in [3.05, 3.63) is 35.8 Å². The van der Waals surface area contributed by atoms with E-state index in [1.807, 2.05) is 6.07 Å². The van der Waals surface area contributed by atoms with Crippen LogP contribution >= 0.6 is 0 Å². The van der Waals surface area contributed by atoms with Gasteiger partial charge in [-0.1, -0.05) is 0 Å². The Morgan fingerprint density at radius 3 is 3.08 bits per heavy atom. The highest BCUT2D eigenvalue weighted by molar-refractivity contribution is 5.81. The van der Waals surface area contributed by atoms with Gasteiger partial charge in [0.15, 0.2) is 0 Å². The van der Waals surface area contributed by atoms with Crippen molar-refractivity contribution in [1.29, 1.82) is 0 Å². The Morgan fingerprint density at radius 2 is 2.15 bits per heavy atom. The van der Waals surface area contributed by atoms with Crippen LogP contribution in [0.15, 0.2) is 24.3 Å². The van der Waals surface area contributed by atoms with Crippen LogP contribution in [-0.2, 0) is 13.0 Å². The summed E-state index contributed by atoms with van der Waals surface area (Å²) in [7, 11) is 0. The minimum absolute atomic E-state index is 0.139. The van der Waals surface area contributed by atoms with Gasteiger partial charge in [0.25, 0.3) is 0 Å². The van der Waals surface area contributed by atoms with Crippen LogP contribution in [0.2, 0.25) is 0 Å². The molecule has 0 amide bonds. The summed E-state index contributed by atoms with van der Waals surface area (Å²) in [6.45, 7) is 1.04. The van der Waals surface area contributed by atoms with Gasteiger partial charge in [-0.15, -0.1) is 0 Å². The Morgan fingerprint density at radius 1 is 1.23 bits per heavy atom. The van der Waals surface area contributed by atoms with E-state index in [0.29, 0.717) is 0 Å². The van der Waals surface area contributed by atoms with Gasteiger partial charge in [-0.3, -0.25) is 0 Å². The first-order valence-electron chi connectivity index (χ1n) is 4.62. The van der Waals surface area contributed by atoms with Crippen LogP contribution in [0.3, 0.4) is 0 Å². The molecule has 13 heavy (non-hydrogen) atoms. The fraction of sp³-hybridized carbons (Fsp3) is 0.273. The lowest BCUT2D eigenvalue weighted by Crippen LogP contribution is -1.90. The molecular formula is C11H10FN. The summed E-state index contributed by atoms with van der Waals surface area (Å²) in [5, 5.41) is 1.16. The molecule has 1 aromatic carbocycles. The molecule has 1 nitrogen and oxygen atoms in total. The van der Waals surface area contributed by atoms with Crippen molar-refractivity contribution in [2.45, 2.75) is 19.4 Å². The lowest BCUT2D eigenvalue weighted by Gasteiger charge is -1.99. The first-order valence-corrected chi connectivity index (χ1v) is 4.62. The number of hydrogen-bond donors (Lipinski definition) is 0. The molecule has 2 heteroatoms. The molecule has 0 saturated carbocycles. The second-order valence-electron chi connectivity index (χ2n) is 3.59. The van der Waals surface area contributed by atoms with Crippen LogP contribution < -0.4 is 0 Å². The standard InChI is InChI=1S/C11H10FN/c12-9-4-3-8-6-10-2-1-5-13(10)11(8)7-9/h3-4,6-7H,1-2,5H2. The number of rotatable bonds is 0. The minimum atomic E-state index is -0.139. The summed E-state index contributed by atoms with van der Waals surface area (Å²) in [6.07, 6.45) is 2.33. The predicted molar refractivity (Wildman–Crippen MR) is 50.2 cm³/mol. The topological polar surface area (TPSA) is 4.93 Å². The third-order valence-corrected chi connectivity index (χ3v) is 2.77. The summed E-state index contributed by atoms with van der Waals surface area (Å²) in [4.78, 5) is 0. The second-order valence-corrected chi connectivity index (χ2v) is 3.59. The third-order valence-electron chi connectivity index (χ3n) is 2.77. The minimum Gasteiger partial charge on any atom is -0.345 e. The highest BCUT2D eigenvalue weighted by Gasteiger charge is 2.13. The maximum Gasteiger partial charge on any atom is 0.125 e. The summed E-state index contributed by atoms with van der Waals surface area (Å²) in [5.74, 6) is -0.139. The molecule has 66 valence electrons. The molecule has 3 rings (SSSR count). The van der Waals surface area contributed by atoms with E-state index in [4.69, 9.17) is 0 Å². The summed E-state index contributed by atoms with van der Waals surface area (Å²) in [6, 6.07) is 7.18. The number of hydrogen-bond acceptors (Lipinski definition) is 0. The third kappa shape index (κ3) is 0.916. The molecule has 0 radical (unpaired) electrons. The lowest BCUT2D eigenvalue weighted by molar-refractivity contribution is 0.628. The Balaban J connectivity index is 2.40. The van der Waals surface area contributed by atoms with Gasteiger partial charge in [0.2, 0.25) is 0 Å². The van der Waals surface area contributed by atoms with Crippen LogP contribution in [0.1, 0.15) is 12.1 Å². The van der Waals surface area contributed by atoms with Gasteiger partial charge < -0.3 is 4.57 Å². The van der Waals surface area contributed by atoms with Gasteiger partial charge in [-0.2, -0.15) is 0 Å². The molecule has 0 atom stereocenters. The van der Waals surface area contributed by atoms with Crippen molar-refractivity contribution < 1.29 is 4.39 Å². The Kier molecular flexibility index (Phi) is 1.29. The second kappa shape index (κ2) is 2.34. The lowest BCUT2D eigenvalue weighted by atomic mass is 10.2. The monoisotopic (exact) mass is 175 g/mol. The summed E-state index contributed by atoms with van der Waals surface area (Å²) >= 11 is 0. The van der Waals surface area contributed by atoms with E-state index in [2.05, 4.69) is 10.6 Å². The van der Waals surface area contributed by atoms with E-state index in [-0.39, 0.29) is 5.82 Å². The van der Waals surface area contributed by atoms with Crippen molar-refractivity contribution in [3.63, 3.8) is 0 Å². The highest BCUT2D eigenvalue weighted by atomic mass is 19.1. The average molecular weight is 175 g/mol. The summed E-state index contributed by atoms with van der Waals surface area (Å²) < 4.78 is 15.2. The van der Waals surface area contributed by atoms with Crippen molar-refractivity contribution in [3.8, 4) is 0 Å². The molecule has 2 heterocycles. The van der Waals surface area contributed by atoms with Gasteiger partial charge in [0.1, 0.15) is 5.82 Å². The molecule has 2 aromatic rings. The van der Waals surface area contributed by atoms with E-state index in [1.54, 1.807) is 6.07 Å². The number of nitrogens with zero attached hydrogens (tertiary/aromatic N) is 1. The molecule has 1 aliphatic heterocycles. The largest absolute Gasteiger partial charge is 0.345 e. The van der Waals surface area contributed by atoms with Gasteiger partial charge in [-0.05, 0) is 37.1 Å². The molecule has 0 fully saturated rings. The van der Waals surface area contributed by atoms with E-state index in [1.165, 1.54) is 18.2 Å². The number of fused-ring (bicyclic) bond motifs is 3. The molecule has 0 N–H and O–H groups in total. The van der Waals surface area contributed by atoms with Crippen LogP contribution in [0.25, 0.3) is 10.9 Å². The zero-order valence-electron chi connectivity index (χ0n) is 7.26. The number of halogens is 1. The van der Waals surface area contributed by atoms with Crippen LogP contribution in [-0.4, -0.2) is 4.57 Å². The van der Waals surface area contributed by atoms with E-state index < -0.39 is 0 Å². The van der Waals surface area contributed by atoms with Crippen molar-refractivity contribution >= 4 is 10.9 Å². The average Bonchev–Trinajstić information content (AvgIpc) is 2.64. The molecule has 1 aromatic heterocycles. The molecule has 0 aliphatic carbocycles. The first-order chi connectivity index (χ1) is 6.34.